The Morgan fingerprint density at radius 2 is 2.14 bits per heavy atom. The maximum Gasteiger partial charge on any atom is 0.351 e. The molecule has 1 aliphatic rings. The third-order valence-corrected chi connectivity index (χ3v) is 4.55. The monoisotopic (exact) mass is 334 g/mol. The fourth-order valence-electron chi connectivity index (χ4n) is 1.78. The number of thiophene rings is 1. The number of carbonyl (C=O) groups is 1. The Bertz CT molecular complexity index is 614. The zero-order valence-corrected chi connectivity index (χ0v) is 13.0. The van der Waals surface area contributed by atoms with Crippen LogP contribution in [0.2, 0.25) is 5.02 Å². The van der Waals surface area contributed by atoms with Crippen LogP contribution in [0.25, 0.3) is 0 Å². The van der Waals surface area contributed by atoms with Crippen LogP contribution < -0.4 is 4.74 Å². The van der Waals surface area contributed by atoms with Gasteiger partial charge in [-0.25, -0.2) is 13.6 Å². The van der Waals surface area contributed by atoms with Gasteiger partial charge >= 0.3 is 5.97 Å². The highest BCUT2D eigenvalue weighted by Gasteiger charge is 2.36. The number of allylic oxidation sites excluding steroid dienone is 3. The smallest absolute Gasteiger partial charge is 0.351 e. The minimum Gasteiger partial charge on any atom is -0.465 e. The van der Waals surface area contributed by atoms with E-state index in [0.29, 0.717) is 17.1 Å². The van der Waals surface area contributed by atoms with Gasteiger partial charge < -0.3 is 9.47 Å². The van der Waals surface area contributed by atoms with E-state index < -0.39 is 16.8 Å². The van der Waals surface area contributed by atoms with E-state index in [9.17, 15) is 13.6 Å². The van der Waals surface area contributed by atoms with E-state index >= 15 is 0 Å². The van der Waals surface area contributed by atoms with Gasteiger partial charge in [0.25, 0.3) is 5.92 Å². The molecule has 0 saturated heterocycles. The molecule has 0 bridgehead atoms. The SMILES string of the molecule is COC(=O)c1sc(C(C)(F)F)c(Cl)c1OC1=CCCC=C1. The number of halogens is 3. The maximum atomic E-state index is 13.5. The zero-order valence-electron chi connectivity index (χ0n) is 11.4. The fourth-order valence-corrected chi connectivity index (χ4v) is 3.22. The number of methoxy groups -OCH3 is 1. The summed E-state index contributed by atoms with van der Waals surface area (Å²) in [5.41, 5.74) is 0. The van der Waals surface area contributed by atoms with Crippen LogP contribution in [0.1, 0.15) is 34.3 Å². The van der Waals surface area contributed by atoms with Crippen molar-refractivity contribution in [2.75, 3.05) is 7.11 Å². The Labute approximate surface area is 129 Å². The second-order valence-electron chi connectivity index (χ2n) is 4.47. The van der Waals surface area contributed by atoms with Gasteiger partial charge in [-0.15, -0.1) is 11.3 Å². The van der Waals surface area contributed by atoms with E-state index in [1.807, 2.05) is 6.08 Å². The second-order valence-corrected chi connectivity index (χ2v) is 5.87. The highest BCUT2D eigenvalue weighted by atomic mass is 35.5. The third kappa shape index (κ3) is 3.44. The van der Waals surface area contributed by atoms with Gasteiger partial charge in [-0.1, -0.05) is 17.7 Å². The molecule has 0 saturated carbocycles. The van der Waals surface area contributed by atoms with Gasteiger partial charge in [0.2, 0.25) is 0 Å². The van der Waals surface area contributed by atoms with E-state index in [-0.39, 0.29) is 15.6 Å². The summed E-state index contributed by atoms with van der Waals surface area (Å²) in [4.78, 5) is 11.2. The molecule has 1 heterocycles. The summed E-state index contributed by atoms with van der Waals surface area (Å²) in [5, 5.41) is -0.257. The zero-order chi connectivity index (χ0) is 15.6. The molecule has 1 aromatic rings. The summed E-state index contributed by atoms with van der Waals surface area (Å²) in [7, 11) is 1.17. The average molecular weight is 335 g/mol. The van der Waals surface area contributed by atoms with Gasteiger partial charge in [-0.3, -0.25) is 0 Å². The molecule has 0 unspecified atom stereocenters. The van der Waals surface area contributed by atoms with Gasteiger partial charge in [0, 0.05) is 6.92 Å². The molecule has 0 aliphatic heterocycles. The Morgan fingerprint density at radius 1 is 1.43 bits per heavy atom. The van der Waals surface area contributed by atoms with Gasteiger partial charge in [-0.2, -0.15) is 0 Å². The van der Waals surface area contributed by atoms with Crippen molar-refractivity contribution in [1.29, 1.82) is 0 Å². The quantitative estimate of drug-likeness (QED) is 0.734. The first-order chi connectivity index (χ1) is 9.84. The van der Waals surface area contributed by atoms with E-state index in [0.717, 1.165) is 19.8 Å². The molecule has 3 nitrogen and oxygen atoms in total. The van der Waals surface area contributed by atoms with Crippen LogP contribution in [-0.4, -0.2) is 13.1 Å². The lowest BCUT2D eigenvalue weighted by atomic mass is 10.2. The third-order valence-electron chi connectivity index (χ3n) is 2.76. The van der Waals surface area contributed by atoms with Crippen LogP contribution in [-0.2, 0) is 10.7 Å². The lowest BCUT2D eigenvalue weighted by molar-refractivity contribution is 0.0215. The Kier molecular flexibility index (Phi) is 4.68. The maximum absolute atomic E-state index is 13.5. The van der Waals surface area contributed by atoms with Crippen molar-refractivity contribution in [2.45, 2.75) is 25.7 Å². The standard InChI is InChI=1S/C14H13ClF2O3S/c1-14(16,17)12-9(15)10(11(21-12)13(18)19-2)20-8-6-4-3-5-7-8/h4,6-7H,3,5H2,1-2H3. The molecule has 0 atom stereocenters. The summed E-state index contributed by atoms with van der Waals surface area (Å²) in [6, 6.07) is 0. The number of alkyl halides is 2. The molecule has 0 spiro atoms. The fraction of sp³-hybridized carbons (Fsp3) is 0.357. The van der Waals surface area contributed by atoms with Crippen LogP contribution in [0.5, 0.6) is 5.75 Å². The Hall–Kier alpha value is -1.40. The first-order valence-corrected chi connectivity index (χ1v) is 7.37. The molecule has 1 aromatic heterocycles. The van der Waals surface area contributed by atoms with E-state index in [2.05, 4.69) is 4.74 Å². The van der Waals surface area contributed by atoms with Crippen LogP contribution in [0, 0.1) is 0 Å². The van der Waals surface area contributed by atoms with Gasteiger partial charge in [-0.05, 0) is 25.0 Å². The van der Waals surface area contributed by atoms with E-state index in [1.165, 1.54) is 7.11 Å². The van der Waals surface area contributed by atoms with Crippen LogP contribution in [0.4, 0.5) is 8.78 Å². The van der Waals surface area contributed by atoms with Crippen molar-refractivity contribution >= 4 is 28.9 Å². The summed E-state index contributed by atoms with van der Waals surface area (Å²) in [6.45, 7) is 0.718. The predicted molar refractivity (Wildman–Crippen MR) is 77.3 cm³/mol. The Morgan fingerprint density at radius 3 is 2.67 bits per heavy atom. The van der Waals surface area contributed by atoms with Crippen molar-refractivity contribution in [2.24, 2.45) is 0 Å². The lowest BCUT2D eigenvalue weighted by Gasteiger charge is -2.11. The average Bonchev–Trinajstić information content (AvgIpc) is 2.77. The number of rotatable bonds is 4. The van der Waals surface area contributed by atoms with Crippen molar-refractivity contribution < 1.29 is 23.0 Å². The van der Waals surface area contributed by atoms with Crippen molar-refractivity contribution in [3.8, 4) is 5.75 Å². The van der Waals surface area contributed by atoms with Crippen LogP contribution >= 0.6 is 22.9 Å². The van der Waals surface area contributed by atoms with Crippen LogP contribution in [0.15, 0.2) is 24.0 Å². The number of ether oxygens (including phenoxy) is 2. The Balaban J connectivity index is 2.46. The minimum atomic E-state index is -3.16. The first kappa shape index (κ1) is 16.0. The number of hydrogen-bond donors (Lipinski definition) is 0. The van der Waals surface area contributed by atoms with E-state index in [4.69, 9.17) is 16.3 Å². The predicted octanol–water partition coefficient (Wildman–Crippen LogP) is 4.91. The van der Waals surface area contributed by atoms with E-state index in [1.54, 1.807) is 12.2 Å². The molecule has 0 N–H and O–H groups in total. The summed E-state index contributed by atoms with van der Waals surface area (Å²) in [6.07, 6.45) is 7.06. The molecule has 0 aromatic carbocycles. The molecule has 7 heteroatoms. The summed E-state index contributed by atoms with van der Waals surface area (Å²) in [5.74, 6) is -3.53. The summed E-state index contributed by atoms with van der Waals surface area (Å²) < 4.78 is 37.2. The normalized spacial score (nSPS) is 14.8. The highest BCUT2D eigenvalue weighted by molar-refractivity contribution is 7.15. The number of esters is 1. The molecule has 114 valence electrons. The first-order valence-electron chi connectivity index (χ1n) is 6.18. The molecule has 1 aliphatic carbocycles. The molecular formula is C14H13ClF2O3S. The van der Waals surface area contributed by atoms with Crippen molar-refractivity contribution in [3.05, 3.63) is 38.8 Å². The van der Waals surface area contributed by atoms with Crippen molar-refractivity contribution in [3.63, 3.8) is 0 Å². The van der Waals surface area contributed by atoms with Crippen LogP contribution in [0.3, 0.4) is 0 Å². The molecule has 0 amide bonds. The molecule has 0 radical (unpaired) electrons. The minimum absolute atomic E-state index is 0.0705. The summed E-state index contributed by atoms with van der Waals surface area (Å²) >= 11 is 6.56. The molecule has 2 rings (SSSR count). The number of carbonyl (C=O) groups excluding carboxylic acids is 1. The molecule has 21 heavy (non-hydrogen) atoms. The van der Waals surface area contributed by atoms with Gasteiger partial charge in [0.05, 0.1) is 12.0 Å². The van der Waals surface area contributed by atoms with Gasteiger partial charge in [0.1, 0.15) is 10.8 Å². The second kappa shape index (κ2) is 6.15. The topological polar surface area (TPSA) is 35.5 Å². The lowest BCUT2D eigenvalue weighted by Crippen LogP contribution is -2.04. The van der Waals surface area contributed by atoms with Crippen molar-refractivity contribution in [1.82, 2.24) is 0 Å². The van der Waals surface area contributed by atoms with Gasteiger partial charge in [0.15, 0.2) is 10.6 Å². The largest absolute Gasteiger partial charge is 0.465 e. The highest BCUT2D eigenvalue weighted by Crippen LogP contribution is 2.47. The number of hydrogen-bond acceptors (Lipinski definition) is 4. The molecular weight excluding hydrogens is 322 g/mol. The molecule has 0 fully saturated rings.